The van der Waals surface area contributed by atoms with Gasteiger partial charge >= 0.3 is 0 Å². The van der Waals surface area contributed by atoms with Crippen molar-refractivity contribution in [3.05, 3.63) is 51.7 Å². The number of pyridine rings is 1. The Morgan fingerprint density at radius 2 is 2.10 bits per heavy atom. The van der Waals surface area contributed by atoms with Crippen molar-refractivity contribution in [2.75, 3.05) is 7.11 Å². The van der Waals surface area contributed by atoms with E-state index in [0.717, 1.165) is 39.8 Å². The van der Waals surface area contributed by atoms with Crippen LogP contribution in [0.4, 0.5) is 0 Å². The SMILES string of the molecule is COc1nn(C)c2nc(C)c(CCC(=O)N[C@@H](C)Cc3cccc(Cl)c3)c(C)c12. The maximum atomic E-state index is 12.5. The summed E-state index contributed by atoms with van der Waals surface area (Å²) < 4.78 is 7.13. The van der Waals surface area contributed by atoms with Gasteiger partial charge in [0.15, 0.2) is 5.65 Å². The number of nitrogens with zero attached hydrogens (tertiary/aromatic N) is 3. The Hall–Kier alpha value is -2.60. The molecule has 2 heterocycles. The van der Waals surface area contributed by atoms with Crippen LogP contribution in [-0.4, -0.2) is 33.8 Å². The van der Waals surface area contributed by atoms with E-state index < -0.39 is 0 Å². The van der Waals surface area contributed by atoms with Crippen LogP contribution < -0.4 is 10.1 Å². The largest absolute Gasteiger partial charge is 0.479 e. The Morgan fingerprint density at radius 1 is 1.34 bits per heavy atom. The third-order valence-corrected chi connectivity index (χ3v) is 5.39. The first-order valence-corrected chi connectivity index (χ1v) is 10.1. The summed E-state index contributed by atoms with van der Waals surface area (Å²) in [6.07, 6.45) is 1.76. The Morgan fingerprint density at radius 3 is 2.79 bits per heavy atom. The van der Waals surface area contributed by atoms with Gasteiger partial charge in [-0.05, 0) is 62.4 Å². The van der Waals surface area contributed by atoms with E-state index in [9.17, 15) is 4.79 Å². The van der Waals surface area contributed by atoms with Gasteiger partial charge in [0, 0.05) is 30.2 Å². The van der Waals surface area contributed by atoms with Crippen LogP contribution in [0.2, 0.25) is 5.02 Å². The second-order valence-corrected chi connectivity index (χ2v) is 7.87. The minimum Gasteiger partial charge on any atom is -0.479 e. The normalized spacial score (nSPS) is 12.2. The molecule has 0 spiro atoms. The molecule has 0 bridgehead atoms. The summed E-state index contributed by atoms with van der Waals surface area (Å²) in [7, 11) is 3.46. The molecule has 0 unspecified atom stereocenters. The summed E-state index contributed by atoms with van der Waals surface area (Å²) in [5, 5.41) is 9.07. The van der Waals surface area contributed by atoms with Crippen LogP contribution in [0, 0.1) is 13.8 Å². The summed E-state index contributed by atoms with van der Waals surface area (Å²) in [6.45, 7) is 6.01. The number of carbonyl (C=O) groups is 1. The van der Waals surface area contributed by atoms with Crippen LogP contribution in [0.15, 0.2) is 24.3 Å². The summed E-state index contributed by atoms with van der Waals surface area (Å²) in [6, 6.07) is 7.75. The molecular formula is C22H27ClN4O2. The summed E-state index contributed by atoms with van der Waals surface area (Å²) in [5.74, 6) is 0.588. The molecule has 3 rings (SSSR count). The quantitative estimate of drug-likeness (QED) is 0.636. The molecule has 0 radical (unpaired) electrons. The molecular weight excluding hydrogens is 388 g/mol. The zero-order chi connectivity index (χ0) is 21.1. The number of aromatic nitrogens is 3. The van der Waals surface area contributed by atoms with Crippen molar-refractivity contribution in [2.45, 2.75) is 46.1 Å². The number of methoxy groups -OCH3 is 1. The van der Waals surface area contributed by atoms with E-state index in [0.29, 0.717) is 23.7 Å². The van der Waals surface area contributed by atoms with Crippen molar-refractivity contribution in [1.29, 1.82) is 0 Å². The number of carbonyl (C=O) groups excluding carboxylic acids is 1. The Kier molecular flexibility index (Phi) is 6.42. The van der Waals surface area contributed by atoms with Gasteiger partial charge < -0.3 is 10.1 Å². The maximum absolute atomic E-state index is 12.5. The molecule has 0 saturated heterocycles. The fraction of sp³-hybridized carbons (Fsp3) is 0.409. The van der Waals surface area contributed by atoms with E-state index in [1.165, 1.54) is 0 Å². The Labute approximate surface area is 176 Å². The van der Waals surface area contributed by atoms with Gasteiger partial charge in [-0.3, -0.25) is 4.79 Å². The fourth-order valence-electron chi connectivity index (χ4n) is 3.76. The second-order valence-electron chi connectivity index (χ2n) is 7.43. The molecule has 1 aromatic carbocycles. The highest BCUT2D eigenvalue weighted by atomic mass is 35.5. The maximum Gasteiger partial charge on any atom is 0.242 e. The van der Waals surface area contributed by atoms with Crippen LogP contribution in [-0.2, 0) is 24.7 Å². The van der Waals surface area contributed by atoms with Gasteiger partial charge in [0.2, 0.25) is 11.8 Å². The van der Waals surface area contributed by atoms with Gasteiger partial charge in [-0.2, -0.15) is 0 Å². The third-order valence-electron chi connectivity index (χ3n) is 5.16. The molecule has 0 aliphatic rings. The molecule has 6 nitrogen and oxygen atoms in total. The molecule has 1 N–H and O–H groups in total. The highest BCUT2D eigenvalue weighted by Gasteiger charge is 2.18. The highest BCUT2D eigenvalue weighted by Crippen LogP contribution is 2.30. The predicted molar refractivity (Wildman–Crippen MR) is 116 cm³/mol. The number of fused-ring (bicyclic) bond motifs is 1. The lowest BCUT2D eigenvalue weighted by Crippen LogP contribution is -2.34. The van der Waals surface area contributed by atoms with Crippen molar-refractivity contribution in [2.24, 2.45) is 7.05 Å². The van der Waals surface area contributed by atoms with Crippen molar-refractivity contribution in [1.82, 2.24) is 20.1 Å². The number of rotatable bonds is 7. The Bertz CT molecular complexity index is 1040. The van der Waals surface area contributed by atoms with E-state index >= 15 is 0 Å². The van der Waals surface area contributed by atoms with Gasteiger partial charge in [0.05, 0.1) is 12.5 Å². The van der Waals surface area contributed by atoms with E-state index in [4.69, 9.17) is 16.3 Å². The molecule has 2 aromatic heterocycles. The summed E-state index contributed by atoms with van der Waals surface area (Å²) in [4.78, 5) is 17.2. The average molecular weight is 415 g/mol. The number of amides is 1. The Balaban J connectivity index is 1.67. The molecule has 154 valence electrons. The van der Waals surface area contributed by atoms with Gasteiger partial charge in [0.25, 0.3) is 0 Å². The van der Waals surface area contributed by atoms with Crippen molar-refractivity contribution in [3.8, 4) is 5.88 Å². The molecule has 0 fully saturated rings. The predicted octanol–water partition coefficient (Wildman–Crippen LogP) is 3.93. The summed E-state index contributed by atoms with van der Waals surface area (Å²) >= 11 is 6.04. The van der Waals surface area contributed by atoms with Gasteiger partial charge in [-0.1, -0.05) is 23.7 Å². The molecule has 3 aromatic rings. The minimum atomic E-state index is 0.0246. The summed E-state index contributed by atoms with van der Waals surface area (Å²) in [5.41, 5.74) is 4.95. The lowest BCUT2D eigenvalue weighted by Gasteiger charge is -2.15. The first kappa shape index (κ1) is 21.1. The molecule has 1 amide bonds. The minimum absolute atomic E-state index is 0.0246. The van der Waals surface area contributed by atoms with Crippen LogP contribution in [0.1, 0.15) is 35.7 Å². The average Bonchev–Trinajstić information content (AvgIpc) is 2.97. The van der Waals surface area contributed by atoms with E-state index in [1.807, 2.05) is 52.1 Å². The topological polar surface area (TPSA) is 69.0 Å². The number of hydrogen-bond donors (Lipinski definition) is 1. The van der Waals surface area contributed by atoms with Gasteiger partial charge in [-0.25, -0.2) is 9.67 Å². The number of aryl methyl sites for hydroxylation is 3. The van der Waals surface area contributed by atoms with Gasteiger partial charge in [-0.15, -0.1) is 5.10 Å². The molecule has 0 aliphatic heterocycles. The second kappa shape index (κ2) is 8.82. The first-order chi connectivity index (χ1) is 13.8. The number of nitrogens with one attached hydrogen (secondary N) is 1. The van der Waals surface area contributed by atoms with E-state index in [-0.39, 0.29) is 11.9 Å². The van der Waals surface area contributed by atoms with Crippen molar-refractivity contribution >= 4 is 28.5 Å². The van der Waals surface area contributed by atoms with Crippen LogP contribution in [0.25, 0.3) is 11.0 Å². The highest BCUT2D eigenvalue weighted by molar-refractivity contribution is 6.30. The fourth-order valence-corrected chi connectivity index (χ4v) is 3.97. The molecule has 0 saturated carbocycles. The zero-order valence-electron chi connectivity index (χ0n) is 17.5. The monoisotopic (exact) mass is 414 g/mol. The zero-order valence-corrected chi connectivity index (χ0v) is 18.3. The smallest absolute Gasteiger partial charge is 0.242 e. The molecule has 1 atom stereocenters. The molecule has 29 heavy (non-hydrogen) atoms. The molecule has 0 aliphatic carbocycles. The van der Waals surface area contributed by atoms with Gasteiger partial charge in [0.1, 0.15) is 0 Å². The molecule has 7 heteroatoms. The van der Waals surface area contributed by atoms with Crippen molar-refractivity contribution < 1.29 is 9.53 Å². The van der Waals surface area contributed by atoms with E-state index in [1.54, 1.807) is 11.8 Å². The number of halogens is 1. The lowest BCUT2D eigenvalue weighted by atomic mass is 10.00. The lowest BCUT2D eigenvalue weighted by molar-refractivity contribution is -0.121. The van der Waals surface area contributed by atoms with Crippen LogP contribution in [0.5, 0.6) is 5.88 Å². The van der Waals surface area contributed by atoms with Crippen LogP contribution >= 0.6 is 11.6 Å². The number of hydrogen-bond acceptors (Lipinski definition) is 4. The number of benzene rings is 1. The standard InChI is InChI=1S/C22H27ClN4O2/c1-13(11-16-7-6-8-17(23)12-16)24-19(28)10-9-18-14(2)20-21(25-15(18)3)27(4)26-22(20)29-5/h6-8,12-13H,9-11H2,1-5H3,(H,24,28)/t13-/m0/s1. The van der Waals surface area contributed by atoms with Crippen LogP contribution in [0.3, 0.4) is 0 Å². The van der Waals surface area contributed by atoms with Crippen molar-refractivity contribution in [3.63, 3.8) is 0 Å². The van der Waals surface area contributed by atoms with E-state index in [2.05, 4.69) is 15.4 Å². The first-order valence-electron chi connectivity index (χ1n) is 9.70. The third kappa shape index (κ3) is 4.70. The number of ether oxygens (including phenoxy) is 1.